The highest BCUT2D eigenvalue weighted by atomic mass is 15.5. The summed E-state index contributed by atoms with van der Waals surface area (Å²) in [6.07, 6.45) is 4.79. The molecule has 0 bridgehead atoms. The molecule has 0 unspecified atom stereocenters. The van der Waals surface area contributed by atoms with Crippen LogP contribution in [0.3, 0.4) is 0 Å². The van der Waals surface area contributed by atoms with E-state index < -0.39 is 0 Å². The van der Waals surface area contributed by atoms with Crippen molar-refractivity contribution in [1.29, 1.82) is 0 Å². The molecule has 2 aliphatic heterocycles. The zero-order valence-corrected chi connectivity index (χ0v) is 11.0. The van der Waals surface area contributed by atoms with Crippen LogP contribution in [0.25, 0.3) is 0 Å². The Hall–Kier alpha value is -1.01. The summed E-state index contributed by atoms with van der Waals surface area (Å²) in [4.78, 5) is 2.42. The summed E-state index contributed by atoms with van der Waals surface area (Å²) in [7, 11) is 2.21. The summed E-state index contributed by atoms with van der Waals surface area (Å²) in [5.41, 5.74) is 0.152. The lowest BCUT2D eigenvalue weighted by atomic mass is 9.65. The Balaban J connectivity index is 1.85. The van der Waals surface area contributed by atoms with Crippen LogP contribution in [-0.4, -0.2) is 58.8 Å². The predicted octanol–water partition coefficient (Wildman–Crippen LogP) is 0.163. The first kappa shape index (κ1) is 12.0. The monoisotopic (exact) mass is 250 g/mol. The van der Waals surface area contributed by atoms with Crippen molar-refractivity contribution in [1.82, 2.24) is 30.8 Å². The number of rotatable bonds is 2. The number of likely N-dealkylation sites (tertiary alicyclic amines) is 1. The third-order valence-electron chi connectivity index (χ3n) is 4.79. The number of H-pyrrole nitrogens is 1. The summed E-state index contributed by atoms with van der Waals surface area (Å²) in [6, 6.07) is 0. The minimum atomic E-state index is 0.152. The molecule has 6 heteroatoms. The van der Waals surface area contributed by atoms with Gasteiger partial charge in [-0.3, -0.25) is 0 Å². The van der Waals surface area contributed by atoms with Crippen LogP contribution in [0.2, 0.25) is 0 Å². The number of aromatic nitrogens is 4. The number of piperidine rings is 2. The first-order chi connectivity index (χ1) is 8.81. The Morgan fingerprint density at radius 2 is 1.94 bits per heavy atom. The van der Waals surface area contributed by atoms with Gasteiger partial charge in [-0.1, -0.05) is 5.21 Å². The molecule has 0 aliphatic carbocycles. The lowest BCUT2D eigenvalue weighted by Crippen LogP contribution is -2.49. The van der Waals surface area contributed by atoms with Crippen LogP contribution in [0.5, 0.6) is 0 Å². The minimum Gasteiger partial charge on any atom is -0.317 e. The summed E-state index contributed by atoms with van der Waals surface area (Å²) in [5, 5.41) is 18.5. The van der Waals surface area contributed by atoms with E-state index in [2.05, 4.69) is 37.9 Å². The van der Waals surface area contributed by atoms with Crippen molar-refractivity contribution >= 4 is 0 Å². The smallest absolute Gasteiger partial charge is 0.181 e. The molecule has 0 radical (unpaired) electrons. The van der Waals surface area contributed by atoms with Gasteiger partial charge in [0, 0.05) is 5.41 Å². The van der Waals surface area contributed by atoms with Crippen molar-refractivity contribution in [3.63, 3.8) is 0 Å². The van der Waals surface area contributed by atoms with E-state index in [4.69, 9.17) is 0 Å². The Morgan fingerprint density at radius 1 is 1.22 bits per heavy atom. The van der Waals surface area contributed by atoms with Gasteiger partial charge in [0.1, 0.15) is 0 Å². The van der Waals surface area contributed by atoms with Crippen molar-refractivity contribution in [2.45, 2.75) is 31.1 Å². The van der Waals surface area contributed by atoms with Crippen molar-refractivity contribution < 1.29 is 0 Å². The first-order valence-corrected chi connectivity index (χ1v) is 6.94. The molecule has 3 rings (SSSR count). The molecule has 0 spiro atoms. The average molecular weight is 250 g/mol. The van der Waals surface area contributed by atoms with Crippen LogP contribution in [-0.2, 0) is 5.41 Å². The lowest BCUT2D eigenvalue weighted by molar-refractivity contribution is 0.111. The fourth-order valence-corrected chi connectivity index (χ4v) is 3.62. The van der Waals surface area contributed by atoms with Gasteiger partial charge >= 0.3 is 0 Å². The summed E-state index contributed by atoms with van der Waals surface area (Å²) >= 11 is 0. The topological polar surface area (TPSA) is 69.7 Å². The first-order valence-electron chi connectivity index (χ1n) is 6.94. The molecule has 0 amide bonds. The van der Waals surface area contributed by atoms with Gasteiger partial charge in [-0.2, -0.15) is 5.21 Å². The third kappa shape index (κ3) is 2.03. The number of aromatic amines is 1. The number of hydrogen-bond donors (Lipinski definition) is 2. The van der Waals surface area contributed by atoms with E-state index in [1.165, 1.54) is 25.9 Å². The maximum absolute atomic E-state index is 4.32. The molecule has 1 aromatic heterocycles. The Morgan fingerprint density at radius 3 is 2.56 bits per heavy atom. The fourth-order valence-electron chi connectivity index (χ4n) is 3.62. The molecule has 2 N–H and O–H groups in total. The Bertz CT molecular complexity index is 362. The second kappa shape index (κ2) is 4.93. The standard InChI is InChI=1S/C12H22N6/c1-18-8-2-10(3-9-18)12(4-6-13-7-5-12)11-14-16-17-15-11/h10,13H,2-9H2,1H3,(H,14,15,16,17). The number of hydrogen-bond acceptors (Lipinski definition) is 5. The van der Waals surface area contributed by atoms with Crippen molar-refractivity contribution in [3.8, 4) is 0 Å². The van der Waals surface area contributed by atoms with Crippen LogP contribution in [0.15, 0.2) is 0 Å². The summed E-state index contributed by atoms with van der Waals surface area (Å²) in [6.45, 7) is 4.52. The molecule has 3 heterocycles. The number of nitrogens with one attached hydrogen (secondary N) is 2. The summed E-state index contributed by atoms with van der Waals surface area (Å²) < 4.78 is 0. The lowest BCUT2D eigenvalue weighted by Gasteiger charge is -2.44. The predicted molar refractivity (Wildman–Crippen MR) is 68.2 cm³/mol. The highest BCUT2D eigenvalue weighted by Gasteiger charge is 2.45. The molecule has 100 valence electrons. The van der Waals surface area contributed by atoms with E-state index in [0.717, 1.165) is 31.8 Å². The summed E-state index contributed by atoms with van der Waals surface area (Å²) in [5.74, 6) is 1.65. The minimum absolute atomic E-state index is 0.152. The molecule has 2 aliphatic rings. The molecule has 18 heavy (non-hydrogen) atoms. The van der Waals surface area contributed by atoms with Gasteiger partial charge in [-0.25, -0.2) is 0 Å². The molecular formula is C12H22N6. The maximum Gasteiger partial charge on any atom is 0.181 e. The SMILES string of the molecule is CN1CCC(C2(c3nn[nH]n3)CCNCC2)CC1. The highest BCUT2D eigenvalue weighted by molar-refractivity contribution is 5.11. The molecule has 0 aromatic carbocycles. The van der Waals surface area contributed by atoms with E-state index in [1.54, 1.807) is 0 Å². The highest BCUT2D eigenvalue weighted by Crippen LogP contribution is 2.43. The van der Waals surface area contributed by atoms with Crippen molar-refractivity contribution in [2.24, 2.45) is 5.92 Å². The van der Waals surface area contributed by atoms with Gasteiger partial charge in [0.25, 0.3) is 0 Å². The molecule has 0 saturated carbocycles. The van der Waals surface area contributed by atoms with Crippen molar-refractivity contribution in [3.05, 3.63) is 5.82 Å². The maximum atomic E-state index is 4.32. The van der Waals surface area contributed by atoms with E-state index in [0.29, 0.717) is 5.92 Å². The van der Waals surface area contributed by atoms with Crippen molar-refractivity contribution in [2.75, 3.05) is 33.2 Å². The zero-order chi connectivity index (χ0) is 12.4. The Labute approximate surface area is 108 Å². The van der Waals surface area contributed by atoms with E-state index in [-0.39, 0.29) is 5.41 Å². The molecular weight excluding hydrogens is 228 g/mol. The number of nitrogens with zero attached hydrogens (tertiary/aromatic N) is 4. The molecule has 6 nitrogen and oxygen atoms in total. The normalized spacial score (nSPS) is 26.3. The Kier molecular flexibility index (Phi) is 3.30. The van der Waals surface area contributed by atoms with Gasteiger partial charge in [-0.05, 0) is 64.8 Å². The van der Waals surface area contributed by atoms with E-state index >= 15 is 0 Å². The second-order valence-electron chi connectivity index (χ2n) is 5.72. The van der Waals surface area contributed by atoms with E-state index in [9.17, 15) is 0 Å². The quantitative estimate of drug-likeness (QED) is 0.782. The van der Waals surface area contributed by atoms with Crippen LogP contribution in [0.1, 0.15) is 31.5 Å². The average Bonchev–Trinajstić information content (AvgIpc) is 2.95. The molecule has 2 fully saturated rings. The van der Waals surface area contributed by atoms with E-state index in [1.807, 2.05) is 0 Å². The van der Waals surface area contributed by atoms with Crippen LogP contribution in [0.4, 0.5) is 0 Å². The van der Waals surface area contributed by atoms with Crippen LogP contribution >= 0.6 is 0 Å². The second-order valence-corrected chi connectivity index (χ2v) is 5.72. The van der Waals surface area contributed by atoms with Gasteiger partial charge in [0.05, 0.1) is 0 Å². The largest absolute Gasteiger partial charge is 0.317 e. The van der Waals surface area contributed by atoms with Gasteiger partial charge < -0.3 is 10.2 Å². The van der Waals surface area contributed by atoms with Gasteiger partial charge in [0.2, 0.25) is 0 Å². The molecule has 1 aromatic rings. The molecule has 2 saturated heterocycles. The molecule has 0 atom stereocenters. The third-order valence-corrected chi connectivity index (χ3v) is 4.79. The zero-order valence-electron chi connectivity index (χ0n) is 11.0. The van der Waals surface area contributed by atoms with Gasteiger partial charge in [0.15, 0.2) is 5.82 Å². The number of tetrazole rings is 1. The van der Waals surface area contributed by atoms with Gasteiger partial charge in [-0.15, -0.1) is 10.2 Å². The fraction of sp³-hybridized carbons (Fsp3) is 0.917. The van der Waals surface area contributed by atoms with Crippen LogP contribution in [0, 0.1) is 5.92 Å². The van der Waals surface area contributed by atoms with Crippen LogP contribution < -0.4 is 5.32 Å².